The second-order valence-electron chi connectivity index (χ2n) is 4.51. The van der Waals surface area contributed by atoms with Gasteiger partial charge in [-0.1, -0.05) is 25.1 Å². The lowest BCUT2D eigenvalue weighted by Crippen LogP contribution is -2.45. The summed E-state index contributed by atoms with van der Waals surface area (Å²) in [5, 5.41) is 6.05. The Bertz CT molecular complexity index is 339. The van der Waals surface area contributed by atoms with Crippen LogP contribution in [0.15, 0.2) is 30.3 Å². The second-order valence-corrected chi connectivity index (χ2v) is 4.51. The summed E-state index contributed by atoms with van der Waals surface area (Å²) in [6, 6.07) is 9.72. The van der Waals surface area contributed by atoms with Gasteiger partial charge in [0.25, 0.3) is 0 Å². The van der Waals surface area contributed by atoms with Crippen LogP contribution in [0.25, 0.3) is 0 Å². The number of carbonyl (C=O) groups excluding carboxylic acids is 1. The predicted molar refractivity (Wildman–Crippen MR) is 74.7 cm³/mol. The highest BCUT2D eigenvalue weighted by Gasteiger charge is 2.17. The molecule has 0 heterocycles. The summed E-state index contributed by atoms with van der Waals surface area (Å²) in [7, 11) is 0. The minimum absolute atomic E-state index is 0. The van der Waals surface area contributed by atoms with E-state index in [0.717, 1.165) is 12.1 Å². The Morgan fingerprint density at radius 2 is 1.82 bits per heavy atom. The molecule has 96 valence electrons. The van der Waals surface area contributed by atoms with Gasteiger partial charge in [0.15, 0.2) is 0 Å². The highest BCUT2D eigenvalue weighted by Crippen LogP contribution is 2.07. The molecule has 0 spiro atoms. The minimum Gasteiger partial charge on any atom is -0.376 e. The molecule has 0 aliphatic rings. The Balaban J connectivity index is 0.00000256. The second kappa shape index (κ2) is 7.17. The predicted octanol–water partition coefficient (Wildman–Crippen LogP) is 2.83. The number of benzene rings is 1. The SMILES string of the molecule is CCC(C)(C)NC(=O)CNc1ccccc1.Cl. The van der Waals surface area contributed by atoms with Crippen molar-refractivity contribution in [2.75, 3.05) is 11.9 Å². The Morgan fingerprint density at radius 3 is 2.35 bits per heavy atom. The minimum atomic E-state index is -0.130. The first kappa shape index (κ1) is 15.8. The summed E-state index contributed by atoms with van der Waals surface area (Å²) >= 11 is 0. The first-order valence-corrected chi connectivity index (χ1v) is 5.63. The van der Waals surface area contributed by atoms with Crippen molar-refractivity contribution in [1.29, 1.82) is 0 Å². The molecule has 0 aromatic heterocycles. The fourth-order valence-electron chi connectivity index (χ4n) is 1.25. The van der Waals surface area contributed by atoms with Crippen molar-refractivity contribution >= 4 is 24.0 Å². The first-order chi connectivity index (χ1) is 7.53. The standard InChI is InChI=1S/C13H20N2O.ClH/c1-4-13(2,3)15-12(16)10-14-11-8-6-5-7-9-11;/h5-9,14H,4,10H2,1-3H3,(H,15,16);1H. The maximum Gasteiger partial charge on any atom is 0.239 e. The maximum absolute atomic E-state index is 11.6. The van der Waals surface area contributed by atoms with Crippen molar-refractivity contribution in [2.24, 2.45) is 0 Å². The van der Waals surface area contributed by atoms with Crippen LogP contribution in [0, 0.1) is 0 Å². The lowest BCUT2D eigenvalue weighted by molar-refractivity contribution is -0.121. The fraction of sp³-hybridized carbons (Fsp3) is 0.462. The van der Waals surface area contributed by atoms with E-state index in [2.05, 4.69) is 17.6 Å². The Kier molecular flexibility index (Phi) is 6.66. The molecule has 0 atom stereocenters. The largest absolute Gasteiger partial charge is 0.376 e. The number of carbonyl (C=O) groups is 1. The molecule has 0 aliphatic heterocycles. The van der Waals surface area contributed by atoms with E-state index in [0.29, 0.717) is 6.54 Å². The molecule has 17 heavy (non-hydrogen) atoms. The lowest BCUT2D eigenvalue weighted by Gasteiger charge is -2.24. The van der Waals surface area contributed by atoms with Gasteiger partial charge in [0, 0.05) is 11.2 Å². The molecule has 1 amide bonds. The molecule has 0 fully saturated rings. The molecule has 0 saturated carbocycles. The normalized spacial score (nSPS) is 10.3. The smallest absolute Gasteiger partial charge is 0.239 e. The van der Waals surface area contributed by atoms with Crippen LogP contribution < -0.4 is 10.6 Å². The summed E-state index contributed by atoms with van der Waals surface area (Å²) in [6.07, 6.45) is 0.921. The third-order valence-electron chi connectivity index (χ3n) is 2.59. The van der Waals surface area contributed by atoms with Gasteiger partial charge in [-0.3, -0.25) is 4.79 Å². The average molecular weight is 257 g/mol. The highest BCUT2D eigenvalue weighted by molar-refractivity contribution is 5.85. The molecule has 1 aromatic carbocycles. The molecule has 0 unspecified atom stereocenters. The third-order valence-corrected chi connectivity index (χ3v) is 2.59. The van der Waals surface area contributed by atoms with Crippen LogP contribution in [0.4, 0.5) is 5.69 Å². The lowest BCUT2D eigenvalue weighted by atomic mass is 10.0. The van der Waals surface area contributed by atoms with Crippen LogP contribution >= 0.6 is 12.4 Å². The summed E-state index contributed by atoms with van der Waals surface area (Å²) in [5.74, 6) is 0.0238. The van der Waals surface area contributed by atoms with E-state index in [1.807, 2.05) is 44.2 Å². The number of amides is 1. The van der Waals surface area contributed by atoms with E-state index in [1.54, 1.807) is 0 Å². The van der Waals surface area contributed by atoms with Crippen molar-refractivity contribution in [3.8, 4) is 0 Å². The monoisotopic (exact) mass is 256 g/mol. The van der Waals surface area contributed by atoms with Crippen LogP contribution in [0.5, 0.6) is 0 Å². The van der Waals surface area contributed by atoms with Gasteiger partial charge in [-0.25, -0.2) is 0 Å². The quantitative estimate of drug-likeness (QED) is 0.851. The molecule has 4 heteroatoms. The van der Waals surface area contributed by atoms with E-state index < -0.39 is 0 Å². The van der Waals surface area contributed by atoms with E-state index in [-0.39, 0.29) is 23.9 Å². The van der Waals surface area contributed by atoms with Gasteiger partial charge in [0.1, 0.15) is 0 Å². The number of halogens is 1. The van der Waals surface area contributed by atoms with Gasteiger partial charge in [0.05, 0.1) is 6.54 Å². The van der Waals surface area contributed by atoms with Crippen LogP contribution in [0.1, 0.15) is 27.2 Å². The van der Waals surface area contributed by atoms with E-state index in [4.69, 9.17) is 0 Å². The van der Waals surface area contributed by atoms with Crippen molar-refractivity contribution in [1.82, 2.24) is 5.32 Å². The number of hydrogen-bond acceptors (Lipinski definition) is 2. The van der Waals surface area contributed by atoms with Gasteiger partial charge in [-0.05, 0) is 32.4 Å². The Morgan fingerprint density at radius 1 is 1.24 bits per heavy atom. The van der Waals surface area contributed by atoms with Gasteiger partial charge in [-0.15, -0.1) is 12.4 Å². The maximum atomic E-state index is 11.6. The molecule has 0 radical (unpaired) electrons. The third kappa shape index (κ3) is 6.17. The fourth-order valence-corrected chi connectivity index (χ4v) is 1.25. The average Bonchev–Trinajstić information content (AvgIpc) is 2.27. The zero-order valence-electron chi connectivity index (χ0n) is 10.6. The Hall–Kier alpha value is -1.22. The molecular formula is C13H21ClN2O. The van der Waals surface area contributed by atoms with Crippen LogP contribution in [0.3, 0.4) is 0 Å². The molecule has 3 nitrogen and oxygen atoms in total. The molecule has 2 N–H and O–H groups in total. The van der Waals surface area contributed by atoms with Gasteiger partial charge in [0.2, 0.25) is 5.91 Å². The zero-order valence-corrected chi connectivity index (χ0v) is 11.4. The molecule has 1 rings (SSSR count). The number of hydrogen-bond donors (Lipinski definition) is 2. The number of nitrogens with one attached hydrogen (secondary N) is 2. The van der Waals surface area contributed by atoms with Crippen molar-refractivity contribution in [3.05, 3.63) is 30.3 Å². The van der Waals surface area contributed by atoms with Crippen molar-refractivity contribution < 1.29 is 4.79 Å². The molecule has 0 bridgehead atoms. The van der Waals surface area contributed by atoms with Gasteiger partial charge >= 0.3 is 0 Å². The zero-order chi connectivity index (χ0) is 12.0. The van der Waals surface area contributed by atoms with Crippen LogP contribution in [0.2, 0.25) is 0 Å². The van der Waals surface area contributed by atoms with Crippen LogP contribution in [-0.2, 0) is 4.79 Å². The summed E-state index contributed by atoms with van der Waals surface area (Å²) in [5.41, 5.74) is 0.835. The summed E-state index contributed by atoms with van der Waals surface area (Å²) < 4.78 is 0. The molecule has 0 saturated heterocycles. The van der Waals surface area contributed by atoms with Crippen LogP contribution in [-0.4, -0.2) is 18.0 Å². The van der Waals surface area contributed by atoms with E-state index in [1.165, 1.54) is 0 Å². The van der Waals surface area contributed by atoms with E-state index >= 15 is 0 Å². The van der Waals surface area contributed by atoms with Gasteiger partial charge < -0.3 is 10.6 Å². The highest BCUT2D eigenvalue weighted by atomic mass is 35.5. The molecular weight excluding hydrogens is 236 g/mol. The van der Waals surface area contributed by atoms with Gasteiger partial charge in [-0.2, -0.15) is 0 Å². The Labute approximate surface area is 109 Å². The molecule has 0 aliphatic carbocycles. The number of anilines is 1. The first-order valence-electron chi connectivity index (χ1n) is 5.63. The van der Waals surface area contributed by atoms with Crippen molar-refractivity contribution in [3.63, 3.8) is 0 Å². The summed E-state index contributed by atoms with van der Waals surface area (Å²) in [4.78, 5) is 11.6. The molecule has 1 aromatic rings. The number of rotatable bonds is 5. The summed E-state index contributed by atoms with van der Waals surface area (Å²) in [6.45, 7) is 6.42. The topological polar surface area (TPSA) is 41.1 Å². The number of para-hydroxylation sites is 1. The van der Waals surface area contributed by atoms with Crippen molar-refractivity contribution in [2.45, 2.75) is 32.7 Å². The van der Waals surface area contributed by atoms with E-state index in [9.17, 15) is 4.79 Å².